The van der Waals surface area contributed by atoms with Gasteiger partial charge in [0.2, 0.25) is 5.91 Å². The molecule has 3 heterocycles. The van der Waals surface area contributed by atoms with Gasteiger partial charge in [-0.25, -0.2) is 4.39 Å². The summed E-state index contributed by atoms with van der Waals surface area (Å²) >= 11 is 0. The number of carbonyl (C=O) groups excluding carboxylic acids is 2. The Kier molecular flexibility index (Phi) is 6.38. The Labute approximate surface area is 198 Å². The molecule has 2 aromatic carbocycles. The lowest BCUT2D eigenvalue weighted by Gasteiger charge is -2.32. The number of hydrogen-bond acceptors (Lipinski definition) is 4. The molecule has 0 aliphatic carbocycles. The molecule has 0 saturated carbocycles. The zero-order valence-corrected chi connectivity index (χ0v) is 19.0. The quantitative estimate of drug-likeness (QED) is 0.628. The second-order valence-corrected chi connectivity index (χ2v) is 9.04. The molecule has 1 aromatic heterocycles. The average molecular weight is 462 g/mol. The number of rotatable bonds is 4. The summed E-state index contributed by atoms with van der Waals surface area (Å²) in [7, 11) is 0. The number of halogens is 1. The van der Waals surface area contributed by atoms with Gasteiger partial charge >= 0.3 is 0 Å². The van der Waals surface area contributed by atoms with E-state index in [0.29, 0.717) is 30.9 Å². The standard InChI is InChI=1S/C26H28FN5O2/c27-21-13-12-19(24-30-29-23-11-5-2-6-15-32(23)24)16-22(21)28-25(33)20-10-7-14-31(17-20)26(34)18-8-3-1-4-9-18/h1,3-4,8-9,12-13,16,20H,2,5-7,10-11,14-15,17H2,(H,28,33). The van der Waals surface area contributed by atoms with Crippen LogP contribution in [0.15, 0.2) is 48.5 Å². The lowest BCUT2D eigenvalue weighted by Crippen LogP contribution is -2.43. The molecule has 7 nitrogen and oxygen atoms in total. The van der Waals surface area contributed by atoms with Crippen molar-refractivity contribution >= 4 is 17.5 Å². The van der Waals surface area contributed by atoms with E-state index in [0.717, 1.165) is 50.0 Å². The first-order chi connectivity index (χ1) is 16.6. The van der Waals surface area contributed by atoms with E-state index < -0.39 is 11.7 Å². The Morgan fingerprint density at radius 1 is 0.971 bits per heavy atom. The van der Waals surface area contributed by atoms with Crippen molar-refractivity contribution in [2.75, 3.05) is 18.4 Å². The van der Waals surface area contributed by atoms with Crippen LogP contribution in [-0.4, -0.2) is 44.6 Å². The molecule has 8 heteroatoms. The molecular formula is C26H28FN5O2. The molecule has 2 amide bonds. The Morgan fingerprint density at radius 2 is 1.82 bits per heavy atom. The van der Waals surface area contributed by atoms with Crippen molar-refractivity contribution in [1.29, 1.82) is 0 Å². The SMILES string of the molecule is O=C(Nc1cc(-c2nnc3n2CCCCC3)ccc1F)C1CCCN(C(=O)c2ccccc2)C1. The summed E-state index contributed by atoms with van der Waals surface area (Å²) in [5.74, 6) is 0.396. The van der Waals surface area contributed by atoms with E-state index in [-0.39, 0.29) is 17.5 Å². The smallest absolute Gasteiger partial charge is 0.253 e. The fraction of sp³-hybridized carbons (Fsp3) is 0.385. The molecule has 0 spiro atoms. The number of fused-ring (bicyclic) bond motifs is 1. The molecule has 1 atom stereocenters. The highest BCUT2D eigenvalue weighted by Gasteiger charge is 2.29. The van der Waals surface area contributed by atoms with Crippen LogP contribution in [0, 0.1) is 11.7 Å². The van der Waals surface area contributed by atoms with E-state index >= 15 is 0 Å². The number of aryl methyl sites for hydroxylation is 1. The summed E-state index contributed by atoms with van der Waals surface area (Å²) in [6.45, 7) is 1.77. The van der Waals surface area contributed by atoms with E-state index in [1.54, 1.807) is 29.2 Å². The summed E-state index contributed by atoms with van der Waals surface area (Å²) in [6, 6.07) is 13.7. The van der Waals surface area contributed by atoms with Gasteiger partial charge < -0.3 is 14.8 Å². The Hall–Kier alpha value is -3.55. The maximum Gasteiger partial charge on any atom is 0.253 e. The van der Waals surface area contributed by atoms with Gasteiger partial charge in [-0.3, -0.25) is 9.59 Å². The average Bonchev–Trinajstić information content (AvgIpc) is 3.13. The van der Waals surface area contributed by atoms with Crippen molar-refractivity contribution < 1.29 is 14.0 Å². The number of nitrogens with zero attached hydrogens (tertiary/aromatic N) is 4. The van der Waals surface area contributed by atoms with Crippen molar-refractivity contribution in [3.05, 3.63) is 65.7 Å². The van der Waals surface area contributed by atoms with E-state index in [2.05, 4.69) is 20.1 Å². The predicted molar refractivity (Wildman–Crippen MR) is 127 cm³/mol. The van der Waals surface area contributed by atoms with Gasteiger partial charge in [-0.05, 0) is 56.0 Å². The number of piperidine rings is 1. The minimum Gasteiger partial charge on any atom is -0.338 e. The predicted octanol–water partition coefficient (Wildman–Crippen LogP) is 4.30. The molecule has 1 fully saturated rings. The van der Waals surface area contributed by atoms with Crippen LogP contribution < -0.4 is 5.32 Å². The molecule has 1 unspecified atom stereocenters. The topological polar surface area (TPSA) is 80.1 Å². The Morgan fingerprint density at radius 3 is 2.68 bits per heavy atom. The van der Waals surface area contributed by atoms with Crippen LogP contribution in [0.5, 0.6) is 0 Å². The number of anilines is 1. The monoisotopic (exact) mass is 461 g/mol. The van der Waals surface area contributed by atoms with Gasteiger partial charge in [-0.1, -0.05) is 24.6 Å². The highest BCUT2D eigenvalue weighted by atomic mass is 19.1. The van der Waals surface area contributed by atoms with Gasteiger partial charge in [0, 0.05) is 37.2 Å². The fourth-order valence-corrected chi connectivity index (χ4v) is 4.83. The molecule has 2 aliphatic heterocycles. The maximum atomic E-state index is 14.6. The molecule has 5 rings (SSSR count). The number of aromatic nitrogens is 3. The number of likely N-dealkylation sites (tertiary alicyclic amines) is 1. The first-order valence-corrected chi connectivity index (χ1v) is 12.0. The third-order valence-electron chi connectivity index (χ3n) is 6.69. The summed E-state index contributed by atoms with van der Waals surface area (Å²) in [5, 5.41) is 11.4. The van der Waals surface area contributed by atoms with Gasteiger partial charge in [0.05, 0.1) is 11.6 Å². The first-order valence-electron chi connectivity index (χ1n) is 12.0. The van der Waals surface area contributed by atoms with Crippen molar-refractivity contribution in [3.63, 3.8) is 0 Å². The second kappa shape index (κ2) is 9.75. The summed E-state index contributed by atoms with van der Waals surface area (Å²) < 4.78 is 16.7. The van der Waals surface area contributed by atoms with Gasteiger partial charge in [0.25, 0.3) is 5.91 Å². The highest BCUT2D eigenvalue weighted by Crippen LogP contribution is 2.28. The number of amides is 2. The summed E-state index contributed by atoms with van der Waals surface area (Å²) in [6.07, 6.45) is 5.57. The minimum absolute atomic E-state index is 0.0845. The van der Waals surface area contributed by atoms with Gasteiger partial charge in [-0.15, -0.1) is 10.2 Å². The van der Waals surface area contributed by atoms with Crippen molar-refractivity contribution in [2.45, 2.75) is 45.1 Å². The van der Waals surface area contributed by atoms with E-state index in [9.17, 15) is 14.0 Å². The highest BCUT2D eigenvalue weighted by molar-refractivity contribution is 5.96. The minimum atomic E-state index is -0.499. The Balaban J connectivity index is 1.31. The summed E-state index contributed by atoms with van der Waals surface area (Å²) in [5.41, 5.74) is 1.46. The molecular weight excluding hydrogens is 433 g/mol. The second-order valence-electron chi connectivity index (χ2n) is 9.04. The van der Waals surface area contributed by atoms with E-state index in [1.165, 1.54) is 6.07 Å². The van der Waals surface area contributed by atoms with Crippen LogP contribution in [0.2, 0.25) is 0 Å². The molecule has 0 radical (unpaired) electrons. The molecule has 176 valence electrons. The number of nitrogens with one attached hydrogen (secondary N) is 1. The van der Waals surface area contributed by atoms with Crippen LogP contribution >= 0.6 is 0 Å². The van der Waals surface area contributed by atoms with Gasteiger partial charge in [0.1, 0.15) is 11.6 Å². The maximum absolute atomic E-state index is 14.6. The molecule has 34 heavy (non-hydrogen) atoms. The third kappa shape index (κ3) is 4.58. The normalized spacial score (nSPS) is 18.1. The largest absolute Gasteiger partial charge is 0.338 e. The van der Waals surface area contributed by atoms with Crippen LogP contribution in [0.1, 0.15) is 48.3 Å². The number of carbonyl (C=O) groups is 2. The van der Waals surface area contributed by atoms with Crippen molar-refractivity contribution in [1.82, 2.24) is 19.7 Å². The van der Waals surface area contributed by atoms with Crippen LogP contribution in [0.3, 0.4) is 0 Å². The zero-order chi connectivity index (χ0) is 23.5. The number of hydrogen-bond donors (Lipinski definition) is 1. The fourth-order valence-electron chi connectivity index (χ4n) is 4.83. The lowest BCUT2D eigenvalue weighted by molar-refractivity contribution is -0.121. The van der Waals surface area contributed by atoms with Gasteiger partial charge in [-0.2, -0.15) is 0 Å². The first kappa shape index (κ1) is 22.3. The van der Waals surface area contributed by atoms with E-state index in [1.807, 2.05) is 18.2 Å². The molecule has 3 aromatic rings. The lowest BCUT2D eigenvalue weighted by atomic mass is 9.96. The van der Waals surface area contributed by atoms with Crippen molar-refractivity contribution in [3.8, 4) is 11.4 Å². The Bertz CT molecular complexity index is 1190. The van der Waals surface area contributed by atoms with Crippen LogP contribution in [0.4, 0.5) is 10.1 Å². The van der Waals surface area contributed by atoms with Crippen molar-refractivity contribution in [2.24, 2.45) is 5.92 Å². The molecule has 1 saturated heterocycles. The zero-order valence-electron chi connectivity index (χ0n) is 19.0. The molecule has 2 aliphatic rings. The summed E-state index contributed by atoms with van der Waals surface area (Å²) in [4.78, 5) is 27.6. The van der Waals surface area contributed by atoms with Crippen LogP contribution in [0.25, 0.3) is 11.4 Å². The number of benzene rings is 2. The van der Waals surface area contributed by atoms with Crippen LogP contribution in [-0.2, 0) is 17.8 Å². The molecule has 0 bridgehead atoms. The molecule has 1 N–H and O–H groups in total. The van der Waals surface area contributed by atoms with Gasteiger partial charge in [0.15, 0.2) is 5.82 Å². The van der Waals surface area contributed by atoms with E-state index in [4.69, 9.17) is 0 Å². The third-order valence-corrected chi connectivity index (χ3v) is 6.69.